The Kier molecular flexibility index (Phi) is 5.24. The minimum absolute atomic E-state index is 0.427. The first-order valence-corrected chi connectivity index (χ1v) is 11.2. The molecule has 2 aliphatic rings. The molecule has 0 bridgehead atoms. The number of allylic oxidation sites excluding steroid dienone is 3. The van der Waals surface area contributed by atoms with E-state index in [-0.39, 0.29) is 0 Å². The fraction of sp³-hybridized carbons (Fsp3) is 0.160. The van der Waals surface area contributed by atoms with Crippen molar-refractivity contribution in [2.45, 2.75) is 19.4 Å². The highest BCUT2D eigenvalue weighted by Gasteiger charge is 2.25. The Morgan fingerprint density at radius 3 is 2.52 bits per heavy atom. The average Bonchev–Trinajstić information content (AvgIpc) is 3.21. The standard InChI is InChI=1S/C25H23Cl2N5O/c1-25(2,33)16-9-20(26)23(21(27)10-16)31-24-17-6-7-28-12-19(17)18-8-14(4-5-22(18)30-24)15-11-29-32(3)13-15/h4-13,28,30-31,33H,1-3H3. The van der Waals surface area contributed by atoms with Crippen LogP contribution in [0.3, 0.4) is 0 Å². The van der Waals surface area contributed by atoms with Crippen LogP contribution in [-0.2, 0) is 12.6 Å². The highest BCUT2D eigenvalue weighted by atomic mass is 35.5. The highest BCUT2D eigenvalue weighted by Crippen LogP contribution is 2.42. The Morgan fingerprint density at radius 1 is 1.09 bits per heavy atom. The second-order valence-electron chi connectivity index (χ2n) is 8.63. The third-order valence-electron chi connectivity index (χ3n) is 5.74. The average molecular weight is 480 g/mol. The molecule has 33 heavy (non-hydrogen) atoms. The molecular formula is C25H23Cl2N5O. The molecule has 6 nitrogen and oxygen atoms in total. The van der Waals surface area contributed by atoms with Gasteiger partial charge in [-0.15, -0.1) is 0 Å². The summed E-state index contributed by atoms with van der Waals surface area (Å²) in [5, 5.41) is 25.5. The molecule has 3 heterocycles. The smallest absolute Gasteiger partial charge is 0.116 e. The SMILES string of the molecule is Cn1cc(-c2ccc3c(c2)C2=CNC=CC2=C(Nc2c(Cl)cc(C(C)(C)O)cc2Cl)N3)cn1. The first kappa shape index (κ1) is 21.6. The van der Waals surface area contributed by atoms with Gasteiger partial charge in [0.15, 0.2) is 0 Å². The molecule has 0 radical (unpaired) electrons. The van der Waals surface area contributed by atoms with E-state index in [2.05, 4.69) is 39.2 Å². The number of halogens is 2. The second-order valence-corrected chi connectivity index (χ2v) is 9.45. The fourth-order valence-corrected chi connectivity index (χ4v) is 4.55. The molecule has 1 aromatic heterocycles. The molecule has 0 spiro atoms. The van der Waals surface area contributed by atoms with Gasteiger partial charge in [0.25, 0.3) is 0 Å². The molecule has 0 atom stereocenters. The van der Waals surface area contributed by atoms with Crippen molar-refractivity contribution in [1.29, 1.82) is 0 Å². The van der Waals surface area contributed by atoms with Gasteiger partial charge in [-0.2, -0.15) is 5.10 Å². The number of aliphatic hydroxyl groups is 1. The van der Waals surface area contributed by atoms with Crippen LogP contribution in [-0.4, -0.2) is 14.9 Å². The van der Waals surface area contributed by atoms with E-state index in [0.717, 1.165) is 39.3 Å². The Labute approximate surface area is 202 Å². The maximum absolute atomic E-state index is 10.3. The van der Waals surface area contributed by atoms with Crippen molar-refractivity contribution in [1.82, 2.24) is 15.1 Å². The zero-order valence-corrected chi connectivity index (χ0v) is 19.9. The van der Waals surface area contributed by atoms with Crippen molar-refractivity contribution in [3.8, 4) is 11.1 Å². The molecule has 0 saturated heterocycles. The Bertz CT molecular complexity index is 1340. The van der Waals surface area contributed by atoms with E-state index >= 15 is 0 Å². The monoisotopic (exact) mass is 479 g/mol. The lowest BCUT2D eigenvalue weighted by atomic mass is 9.90. The zero-order chi connectivity index (χ0) is 23.3. The van der Waals surface area contributed by atoms with E-state index in [0.29, 0.717) is 21.3 Å². The topological polar surface area (TPSA) is 74.1 Å². The molecule has 0 aliphatic carbocycles. The lowest BCUT2D eigenvalue weighted by molar-refractivity contribution is 0.0786. The van der Waals surface area contributed by atoms with Crippen molar-refractivity contribution in [3.63, 3.8) is 0 Å². The Hall–Kier alpha value is -3.19. The molecule has 2 aromatic carbocycles. The fourth-order valence-electron chi connectivity index (χ4n) is 3.97. The number of fused-ring (bicyclic) bond motifs is 3. The van der Waals surface area contributed by atoms with Crippen LogP contribution in [0.25, 0.3) is 16.7 Å². The number of hydrogen-bond acceptors (Lipinski definition) is 5. The minimum Gasteiger partial charge on any atom is -0.386 e. The van der Waals surface area contributed by atoms with Gasteiger partial charge in [0, 0.05) is 53.6 Å². The minimum atomic E-state index is -1.05. The molecule has 0 fully saturated rings. The van der Waals surface area contributed by atoms with E-state index in [1.165, 1.54) is 0 Å². The summed E-state index contributed by atoms with van der Waals surface area (Å²) in [5.41, 5.74) is 6.36. The molecule has 0 unspecified atom stereocenters. The number of rotatable bonds is 4. The first-order chi connectivity index (χ1) is 15.7. The zero-order valence-electron chi connectivity index (χ0n) is 18.4. The second kappa shape index (κ2) is 7.99. The molecule has 4 N–H and O–H groups in total. The number of dihydropyridines is 1. The van der Waals surface area contributed by atoms with Crippen LogP contribution in [0.1, 0.15) is 25.0 Å². The lowest BCUT2D eigenvalue weighted by Crippen LogP contribution is -2.21. The van der Waals surface area contributed by atoms with Crippen LogP contribution in [0.2, 0.25) is 10.0 Å². The Morgan fingerprint density at radius 2 is 1.85 bits per heavy atom. The maximum Gasteiger partial charge on any atom is 0.116 e. The summed E-state index contributed by atoms with van der Waals surface area (Å²) < 4.78 is 1.79. The van der Waals surface area contributed by atoms with E-state index < -0.39 is 5.60 Å². The summed E-state index contributed by atoms with van der Waals surface area (Å²) in [6, 6.07) is 9.73. The van der Waals surface area contributed by atoms with Crippen LogP contribution in [0, 0.1) is 0 Å². The number of nitrogens with one attached hydrogen (secondary N) is 3. The van der Waals surface area contributed by atoms with Gasteiger partial charge in [-0.25, -0.2) is 0 Å². The number of aryl methyl sites for hydroxylation is 1. The molecule has 3 aromatic rings. The van der Waals surface area contributed by atoms with Crippen LogP contribution < -0.4 is 16.0 Å². The summed E-state index contributed by atoms with van der Waals surface area (Å²) in [6.07, 6.45) is 9.70. The summed E-state index contributed by atoms with van der Waals surface area (Å²) in [4.78, 5) is 0. The van der Waals surface area contributed by atoms with Gasteiger partial charge in [-0.3, -0.25) is 4.68 Å². The quantitative estimate of drug-likeness (QED) is 0.378. The largest absolute Gasteiger partial charge is 0.386 e. The summed E-state index contributed by atoms with van der Waals surface area (Å²) >= 11 is 13.1. The van der Waals surface area contributed by atoms with Crippen molar-refractivity contribution < 1.29 is 5.11 Å². The third-order valence-corrected chi connectivity index (χ3v) is 6.34. The molecule has 0 saturated carbocycles. The first-order valence-electron chi connectivity index (χ1n) is 10.5. The molecular weight excluding hydrogens is 457 g/mol. The Balaban J connectivity index is 1.54. The lowest BCUT2D eigenvalue weighted by Gasteiger charge is -2.29. The summed E-state index contributed by atoms with van der Waals surface area (Å²) in [7, 11) is 1.91. The van der Waals surface area contributed by atoms with E-state index in [4.69, 9.17) is 23.2 Å². The van der Waals surface area contributed by atoms with Gasteiger partial charge < -0.3 is 21.1 Å². The number of hydrogen-bond donors (Lipinski definition) is 4. The maximum atomic E-state index is 10.3. The van der Waals surface area contributed by atoms with Crippen LogP contribution in [0.5, 0.6) is 0 Å². The number of aromatic nitrogens is 2. The van der Waals surface area contributed by atoms with E-state index in [1.807, 2.05) is 37.9 Å². The van der Waals surface area contributed by atoms with Gasteiger partial charge in [0.2, 0.25) is 0 Å². The van der Waals surface area contributed by atoms with Crippen molar-refractivity contribution in [2.75, 3.05) is 10.6 Å². The van der Waals surface area contributed by atoms with Crippen LogP contribution in [0.4, 0.5) is 11.4 Å². The van der Waals surface area contributed by atoms with Gasteiger partial charge in [0.05, 0.1) is 27.5 Å². The molecule has 0 amide bonds. The molecule has 2 aliphatic heterocycles. The summed E-state index contributed by atoms with van der Waals surface area (Å²) in [6.45, 7) is 3.39. The van der Waals surface area contributed by atoms with Crippen molar-refractivity contribution in [3.05, 3.63) is 93.8 Å². The van der Waals surface area contributed by atoms with Crippen LogP contribution in [0.15, 0.2) is 72.6 Å². The van der Waals surface area contributed by atoms with Crippen molar-refractivity contribution >= 4 is 40.1 Å². The predicted octanol–water partition coefficient (Wildman–Crippen LogP) is 5.83. The third kappa shape index (κ3) is 4.02. The number of nitrogens with zero attached hydrogens (tertiary/aromatic N) is 2. The van der Waals surface area contributed by atoms with Crippen LogP contribution >= 0.6 is 23.2 Å². The molecule has 168 valence electrons. The van der Waals surface area contributed by atoms with Gasteiger partial charge in [-0.1, -0.05) is 29.3 Å². The number of anilines is 2. The van der Waals surface area contributed by atoms with E-state index in [9.17, 15) is 5.11 Å². The van der Waals surface area contributed by atoms with Gasteiger partial charge in [-0.05, 0) is 55.3 Å². The van der Waals surface area contributed by atoms with Crippen molar-refractivity contribution in [2.24, 2.45) is 7.05 Å². The molecule has 5 rings (SSSR count). The van der Waals surface area contributed by atoms with Gasteiger partial charge >= 0.3 is 0 Å². The predicted molar refractivity (Wildman–Crippen MR) is 135 cm³/mol. The number of benzene rings is 2. The normalized spacial score (nSPS) is 14.8. The molecule has 8 heteroatoms. The summed E-state index contributed by atoms with van der Waals surface area (Å²) in [5.74, 6) is 0.764. The van der Waals surface area contributed by atoms with Gasteiger partial charge in [0.1, 0.15) is 5.82 Å². The highest BCUT2D eigenvalue weighted by molar-refractivity contribution is 6.39. The van der Waals surface area contributed by atoms with E-state index in [1.54, 1.807) is 30.7 Å².